The molecule has 3 unspecified atom stereocenters. The maximum Gasteiger partial charge on any atom is 0.172 e. The van der Waals surface area contributed by atoms with E-state index in [1.54, 1.807) is 0 Å². The first-order valence-corrected chi connectivity index (χ1v) is 12.4. The largest absolute Gasteiger partial charge is 0.491 e. The number of ether oxygens (including phenoxy) is 4. The van der Waals surface area contributed by atoms with Crippen LogP contribution in [0.3, 0.4) is 0 Å². The molecule has 3 atom stereocenters. The fourth-order valence-corrected chi connectivity index (χ4v) is 5.47. The molecule has 0 bridgehead atoms. The SMILES string of the molecule is CCC1COC2(CC(C)(C)N(OCCc3ccc(OCC4CO4)cc3)C(CC)(CC)C2)O1. The Balaban J connectivity index is 1.38. The fourth-order valence-electron chi connectivity index (χ4n) is 5.47. The average Bonchev–Trinajstić information content (AvgIpc) is 3.54. The predicted octanol–water partition coefficient (Wildman–Crippen LogP) is 4.89. The van der Waals surface area contributed by atoms with E-state index in [-0.39, 0.29) is 23.3 Å². The number of epoxide rings is 1. The topological polar surface area (TPSA) is 52.7 Å². The minimum absolute atomic E-state index is 0.104. The molecule has 3 aliphatic rings. The van der Waals surface area contributed by atoms with E-state index >= 15 is 0 Å². The molecule has 1 aromatic rings. The second-order valence-electron chi connectivity index (χ2n) is 10.3. The Bertz CT molecular complexity index is 743. The Kier molecular flexibility index (Phi) is 7.18. The van der Waals surface area contributed by atoms with Gasteiger partial charge >= 0.3 is 0 Å². The van der Waals surface area contributed by atoms with E-state index < -0.39 is 5.79 Å². The maximum atomic E-state index is 6.55. The Morgan fingerprint density at radius 3 is 2.31 bits per heavy atom. The number of hydrogen-bond donors (Lipinski definition) is 0. The van der Waals surface area contributed by atoms with Gasteiger partial charge in [-0.25, -0.2) is 0 Å². The van der Waals surface area contributed by atoms with Crippen molar-refractivity contribution in [3.63, 3.8) is 0 Å². The molecule has 3 fully saturated rings. The first-order valence-electron chi connectivity index (χ1n) is 12.4. The van der Waals surface area contributed by atoms with Gasteiger partial charge in [-0.2, -0.15) is 5.06 Å². The lowest BCUT2D eigenvalue weighted by Crippen LogP contribution is -2.67. The van der Waals surface area contributed by atoms with Crippen LogP contribution in [0.25, 0.3) is 0 Å². The zero-order chi connectivity index (χ0) is 22.8. The number of hydrogen-bond acceptors (Lipinski definition) is 6. The van der Waals surface area contributed by atoms with Crippen molar-refractivity contribution in [1.82, 2.24) is 5.06 Å². The molecule has 32 heavy (non-hydrogen) atoms. The molecule has 0 N–H and O–H groups in total. The van der Waals surface area contributed by atoms with E-state index in [0.29, 0.717) is 19.8 Å². The highest BCUT2D eigenvalue weighted by Crippen LogP contribution is 2.51. The van der Waals surface area contributed by atoms with Gasteiger partial charge in [0.05, 0.1) is 31.5 Å². The minimum atomic E-state index is -0.489. The monoisotopic (exact) mass is 447 g/mol. The van der Waals surface area contributed by atoms with Crippen LogP contribution in [0.5, 0.6) is 5.75 Å². The van der Waals surface area contributed by atoms with E-state index in [1.807, 2.05) is 12.1 Å². The highest BCUT2D eigenvalue weighted by Gasteiger charge is 2.59. The van der Waals surface area contributed by atoms with E-state index in [2.05, 4.69) is 51.8 Å². The van der Waals surface area contributed by atoms with Crippen LogP contribution in [0, 0.1) is 0 Å². The predicted molar refractivity (Wildman–Crippen MR) is 124 cm³/mol. The molecule has 0 aromatic heterocycles. The van der Waals surface area contributed by atoms with Gasteiger partial charge in [-0.15, -0.1) is 0 Å². The van der Waals surface area contributed by atoms with Crippen molar-refractivity contribution < 1.29 is 23.8 Å². The van der Waals surface area contributed by atoms with E-state index in [0.717, 1.165) is 50.9 Å². The summed E-state index contributed by atoms with van der Waals surface area (Å²) in [5, 5.41) is 2.28. The zero-order valence-electron chi connectivity index (χ0n) is 20.5. The molecule has 4 rings (SSSR count). The average molecular weight is 448 g/mol. The standard InChI is InChI=1S/C26H41NO5/c1-6-21-17-30-26(32-21)18-24(4,5)27(25(7-2,8-3)19-26)31-14-13-20-9-11-22(12-10-20)28-15-23-16-29-23/h9-12,21,23H,6-8,13-19H2,1-5H3. The number of benzene rings is 1. The Hall–Kier alpha value is -1.18. The Morgan fingerprint density at radius 1 is 1.00 bits per heavy atom. The van der Waals surface area contributed by atoms with Gasteiger partial charge in [0.25, 0.3) is 0 Å². The van der Waals surface area contributed by atoms with Gasteiger partial charge in [-0.1, -0.05) is 32.9 Å². The lowest BCUT2D eigenvalue weighted by atomic mass is 9.73. The van der Waals surface area contributed by atoms with Crippen molar-refractivity contribution in [3.05, 3.63) is 29.8 Å². The first-order chi connectivity index (χ1) is 15.3. The summed E-state index contributed by atoms with van der Waals surface area (Å²) in [5.41, 5.74) is 0.959. The van der Waals surface area contributed by atoms with E-state index in [1.165, 1.54) is 5.56 Å². The van der Waals surface area contributed by atoms with Gasteiger partial charge < -0.3 is 18.9 Å². The van der Waals surface area contributed by atoms with Gasteiger partial charge in [0.2, 0.25) is 0 Å². The van der Waals surface area contributed by atoms with Gasteiger partial charge in [0, 0.05) is 18.4 Å². The molecule has 6 heteroatoms. The normalized spacial score (nSPS) is 31.2. The Morgan fingerprint density at radius 2 is 1.72 bits per heavy atom. The molecular formula is C26H41NO5. The molecule has 6 nitrogen and oxygen atoms in total. The van der Waals surface area contributed by atoms with Crippen LogP contribution in [0.2, 0.25) is 0 Å². The number of piperidine rings is 1. The molecule has 1 aromatic carbocycles. The summed E-state index contributed by atoms with van der Waals surface area (Å²) in [6.45, 7) is 14.0. The minimum Gasteiger partial charge on any atom is -0.491 e. The van der Waals surface area contributed by atoms with Crippen LogP contribution in [0.15, 0.2) is 24.3 Å². The van der Waals surface area contributed by atoms with E-state index in [9.17, 15) is 0 Å². The zero-order valence-corrected chi connectivity index (χ0v) is 20.5. The van der Waals surface area contributed by atoms with Crippen LogP contribution in [-0.4, -0.2) is 60.6 Å². The molecule has 0 radical (unpaired) electrons. The molecule has 0 aliphatic carbocycles. The van der Waals surface area contributed by atoms with Crippen molar-refractivity contribution >= 4 is 0 Å². The van der Waals surface area contributed by atoms with Crippen LogP contribution in [-0.2, 0) is 25.5 Å². The molecule has 180 valence electrons. The highest BCUT2D eigenvalue weighted by atomic mass is 16.7. The molecule has 1 spiro atoms. The number of rotatable bonds is 10. The first kappa shape index (κ1) is 24.0. The lowest BCUT2D eigenvalue weighted by Gasteiger charge is -2.58. The van der Waals surface area contributed by atoms with Crippen LogP contribution in [0.4, 0.5) is 0 Å². The molecule has 3 heterocycles. The van der Waals surface area contributed by atoms with Gasteiger partial charge in [-0.05, 0) is 57.2 Å². The summed E-state index contributed by atoms with van der Waals surface area (Å²) < 4.78 is 23.7. The molecule has 3 saturated heterocycles. The summed E-state index contributed by atoms with van der Waals surface area (Å²) in [6, 6.07) is 8.32. The van der Waals surface area contributed by atoms with Crippen molar-refractivity contribution in [3.8, 4) is 5.75 Å². The smallest absolute Gasteiger partial charge is 0.172 e. The Labute approximate surface area is 193 Å². The van der Waals surface area contributed by atoms with Gasteiger partial charge in [0.1, 0.15) is 18.5 Å². The van der Waals surface area contributed by atoms with E-state index in [4.69, 9.17) is 23.8 Å². The second-order valence-corrected chi connectivity index (χ2v) is 10.3. The summed E-state index contributed by atoms with van der Waals surface area (Å²) in [7, 11) is 0. The van der Waals surface area contributed by atoms with Crippen LogP contribution < -0.4 is 4.74 Å². The van der Waals surface area contributed by atoms with Gasteiger partial charge in [-0.3, -0.25) is 4.84 Å². The third kappa shape index (κ3) is 5.15. The second kappa shape index (κ2) is 9.59. The summed E-state index contributed by atoms with van der Waals surface area (Å²) in [6.07, 6.45) is 5.99. The molecule has 0 amide bonds. The number of nitrogens with zero attached hydrogens (tertiary/aromatic N) is 1. The van der Waals surface area contributed by atoms with Crippen LogP contribution in [0.1, 0.15) is 72.3 Å². The third-order valence-corrected chi connectivity index (χ3v) is 7.34. The van der Waals surface area contributed by atoms with Crippen molar-refractivity contribution in [2.75, 3.05) is 26.4 Å². The number of hydroxylamine groups is 2. The quantitative estimate of drug-likeness (QED) is 0.476. The summed E-state index contributed by atoms with van der Waals surface area (Å²) in [5.74, 6) is 0.405. The highest BCUT2D eigenvalue weighted by molar-refractivity contribution is 5.27. The summed E-state index contributed by atoms with van der Waals surface area (Å²) >= 11 is 0. The lowest BCUT2D eigenvalue weighted by molar-refractivity contribution is -0.345. The molecule has 3 aliphatic heterocycles. The summed E-state index contributed by atoms with van der Waals surface area (Å²) in [4.78, 5) is 6.55. The molecular weight excluding hydrogens is 406 g/mol. The molecule has 0 saturated carbocycles. The maximum absolute atomic E-state index is 6.55. The van der Waals surface area contributed by atoms with Crippen LogP contribution >= 0.6 is 0 Å². The van der Waals surface area contributed by atoms with Crippen molar-refractivity contribution in [2.24, 2.45) is 0 Å². The van der Waals surface area contributed by atoms with Crippen molar-refractivity contribution in [2.45, 2.75) is 102 Å². The van der Waals surface area contributed by atoms with Crippen molar-refractivity contribution in [1.29, 1.82) is 0 Å². The third-order valence-electron chi connectivity index (χ3n) is 7.34. The fraction of sp³-hybridized carbons (Fsp3) is 0.769. The van der Waals surface area contributed by atoms with Gasteiger partial charge in [0.15, 0.2) is 5.79 Å².